The quantitative estimate of drug-likeness (QED) is 0.870. The number of halogens is 1. The minimum atomic E-state index is -0.636. The van der Waals surface area contributed by atoms with E-state index in [1.54, 1.807) is 4.90 Å². The predicted molar refractivity (Wildman–Crippen MR) is 82.4 cm³/mol. The Balaban J connectivity index is 1.71. The molecular formula is C15H16ClN3O4. The lowest BCUT2D eigenvalue weighted by Gasteiger charge is -2.15. The number of nitrogens with one attached hydrogen (secondary N) is 1. The van der Waals surface area contributed by atoms with E-state index in [1.165, 1.54) is 12.3 Å². The zero-order chi connectivity index (χ0) is 16.6. The van der Waals surface area contributed by atoms with E-state index in [1.807, 2.05) is 13.0 Å². The number of likely N-dealkylation sites (tertiary alicyclic amines) is 1. The summed E-state index contributed by atoms with van der Waals surface area (Å²) in [5.41, 5.74) is 0.629. The van der Waals surface area contributed by atoms with Gasteiger partial charge in [-0.15, -0.1) is 0 Å². The smallest absolute Gasteiger partial charge is 0.266 e. The first kappa shape index (κ1) is 15.8. The SMILES string of the molecule is Cc1cc(C[C@@H]2CN(C(=O)c3c[nH]c(=O)c(Cl)c3)C[C@@H]2O)on1. The molecule has 2 N–H and O–H groups in total. The van der Waals surface area contributed by atoms with E-state index >= 15 is 0 Å². The van der Waals surface area contributed by atoms with Crippen molar-refractivity contribution in [1.82, 2.24) is 15.0 Å². The van der Waals surface area contributed by atoms with Gasteiger partial charge in [-0.3, -0.25) is 9.59 Å². The highest BCUT2D eigenvalue weighted by molar-refractivity contribution is 6.30. The third kappa shape index (κ3) is 3.30. The first-order valence-corrected chi connectivity index (χ1v) is 7.59. The third-order valence-electron chi connectivity index (χ3n) is 3.94. The Kier molecular flexibility index (Phi) is 4.23. The number of aromatic nitrogens is 2. The summed E-state index contributed by atoms with van der Waals surface area (Å²) in [5.74, 6) is 0.288. The fourth-order valence-electron chi connectivity index (χ4n) is 2.75. The first-order chi connectivity index (χ1) is 10.9. The largest absolute Gasteiger partial charge is 0.391 e. The third-order valence-corrected chi connectivity index (χ3v) is 4.22. The summed E-state index contributed by atoms with van der Waals surface area (Å²) in [6, 6.07) is 3.15. The second-order valence-corrected chi connectivity index (χ2v) is 6.15. The fourth-order valence-corrected chi connectivity index (χ4v) is 2.93. The number of carbonyl (C=O) groups is 1. The van der Waals surface area contributed by atoms with E-state index in [0.717, 1.165) is 5.69 Å². The maximum absolute atomic E-state index is 12.5. The molecule has 1 amide bonds. The van der Waals surface area contributed by atoms with Crippen LogP contribution in [0.3, 0.4) is 0 Å². The van der Waals surface area contributed by atoms with Crippen LogP contribution in [-0.4, -0.2) is 45.2 Å². The second-order valence-electron chi connectivity index (χ2n) is 5.74. The molecule has 1 fully saturated rings. The molecule has 2 aromatic rings. The van der Waals surface area contributed by atoms with Gasteiger partial charge in [-0.05, 0) is 13.0 Å². The van der Waals surface area contributed by atoms with Gasteiger partial charge in [-0.1, -0.05) is 16.8 Å². The van der Waals surface area contributed by atoms with Gasteiger partial charge in [-0.2, -0.15) is 0 Å². The van der Waals surface area contributed by atoms with Crippen LogP contribution in [0.4, 0.5) is 0 Å². The van der Waals surface area contributed by atoms with Crippen LogP contribution in [0.2, 0.25) is 5.02 Å². The van der Waals surface area contributed by atoms with Crippen molar-refractivity contribution in [3.05, 3.63) is 50.7 Å². The molecule has 0 spiro atoms. The van der Waals surface area contributed by atoms with Gasteiger partial charge in [0.1, 0.15) is 10.8 Å². The Morgan fingerprint density at radius 2 is 2.30 bits per heavy atom. The van der Waals surface area contributed by atoms with E-state index in [-0.39, 0.29) is 29.0 Å². The lowest BCUT2D eigenvalue weighted by molar-refractivity contribution is 0.0764. The number of H-pyrrole nitrogens is 1. The van der Waals surface area contributed by atoms with Crippen LogP contribution in [0.5, 0.6) is 0 Å². The van der Waals surface area contributed by atoms with Crippen molar-refractivity contribution < 1.29 is 14.4 Å². The van der Waals surface area contributed by atoms with E-state index in [2.05, 4.69) is 10.1 Å². The summed E-state index contributed by atoms with van der Waals surface area (Å²) in [4.78, 5) is 27.7. The van der Waals surface area contributed by atoms with Crippen molar-refractivity contribution in [2.24, 2.45) is 5.92 Å². The molecule has 0 radical (unpaired) electrons. The van der Waals surface area contributed by atoms with Crippen LogP contribution >= 0.6 is 11.6 Å². The summed E-state index contributed by atoms with van der Waals surface area (Å²) >= 11 is 5.75. The molecule has 3 rings (SSSR count). The number of rotatable bonds is 3. The Morgan fingerprint density at radius 1 is 1.52 bits per heavy atom. The molecule has 0 saturated carbocycles. The number of hydrogen-bond acceptors (Lipinski definition) is 5. The van der Waals surface area contributed by atoms with Crippen molar-refractivity contribution in [2.45, 2.75) is 19.4 Å². The summed E-state index contributed by atoms with van der Waals surface area (Å²) < 4.78 is 5.16. The Bertz CT molecular complexity index is 785. The zero-order valence-corrected chi connectivity index (χ0v) is 13.2. The standard InChI is InChI=1S/C15H16ClN3O4/c1-8-2-11(23-18-8)3-10-6-19(7-13(10)20)15(22)9-4-12(16)14(21)17-5-9/h2,4-5,10,13,20H,3,6-7H2,1H3,(H,17,21)/t10-,13+/m1/s1. The van der Waals surface area contributed by atoms with Gasteiger partial charge in [0.2, 0.25) is 0 Å². The van der Waals surface area contributed by atoms with Crippen LogP contribution in [0.1, 0.15) is 21.8 Å². The molecule has 2 aromatic heterocycles. The molecule has 8 heteroatoms. The lowest BCUT2D eigenvalue weighted by Crippen LogP contribution is -2.30. The van der Waals surface area contributed by atoms with Gasteiger partial charge >= 0.3 is 0 Å². The molecule has 1 saturated heterocycles. The number of β-amino-alcohol motifs (C(OH)–C–C–N with tert-alkyl or cyclic N) is 1. The number of pyridine rings is 1. The highest BCUT2D eigenvalue weighted by Gasteiger charge is 2.35. The van der Waals surface area contributed by atoms with Crippen molar-refractivity contribution in [3.63, 3.8) is 0 Å². The van der Waals surface area contributed by atoms with Crippen molar-refractivity contribution in [3.8, 4) is 0 Å². The minimum absolute atomic E-state index is 0.0377. The normalized spacial score (nSPS) is 20.9. The Morgan fingerprint density at radius 3 is 2.96 bits per heavy atom. The monoisotopic (exact) mass is 337 g/mol. The second kappa shape index (κ2) is 6.17. The van der Waals surface area contributed by atoms with Crippen molar-refractivity contribution in [2.75, 3.05) is 13.1 Å². The molecule has 122 valence electrons. The van der Waals surface area contributed by atoms with E-state index in [0.29, 0.717) is 18.7 Å². The van der Waals surface area contributed by atoms with Crippen LogP contribution in [0, 0.1) is 12.8 Å². The highest BCUT2D eigenvalue weighted by atomic mass is 35.5. The van der Waals surface area contributed by atoms with Crippen LogP contribution in [-0.2, 0) is 6.42 Å². The highest BCUT2D eigenvalue weighted by Crippen LogP contribution is 2.23. The van der Waals surface area contributed by atoms with Gasteiger partial charge in [-0.25, -0.2) is 0 Å². The van der Waals surface area contributed by atoms with E-state index in [4.69, 9.17) is 16.1 Å². The van der Waals surface area contributed by atoms with Gasteiger partial charge in [0.05, 0.1) is 17.4 Å². The predicted octanol–water partition coefficient (Wildman–Crippen LogP) is 1.00. The average Bonchev–Trinajstić information content (AvgIpc) is 3.08. The Labute approximate surface area is 136 Å². The number of aliphatic hydroxyl groups is 1. The Hall–Kier alpha value is -2.12. The van der Waals surface area contributed by atoms with Crippen LogP contribution in [0.15, 0.2) is 27.6 Å². The van der Waals surface area contributed by atoms with Gasteiger partial charge in [0.25, 0.3) is 11.5 Å². The maximum atomic E-state index is 12.5. The molecule has 0 unspecified atom stereocenters. The summed E-state index contributed by atoms with van der Waals surface area (Å²) in [6.07, 6.45) is 1.21. The fraction of sp³-hybridized carbons (Fsp3) is 0.400. The number of aryl methyl sites for hydroxylation is 1. The number of nitrogens with zero attached hydrogens (tertiary/aromatic N) is 2. The topological polar surface area (TPSA) is 99.4 Å². The van der Waals surface area contributed by atoms with Gasteiger partial charge < -0.3 is 19.5 Å². The molecule has 0 aliphatic carbocycles. The molecule has 7 nitrogen and oxygen atoms in total. The number of aromatic amines is 1. The number of amides is 1. The van der Waals surface area contributed by atoms with Crippen LogP contribution in [0.25, 0.3) is 0 Å². The number of hydrogen-bond donors (Lipinski definition) is 2. The van der Waals surface area contributed by atoms with E-state index < -0.39 is 11.7 Å². The molecule has 1 aliphatic heterocycles. The van der Waals surface area contributed by atoms with E-state index in [9.17, 15) is 14.7 Å². The molecular weight excluding hydrogens is 322 g/mol. The molecule has 23 heavy (non-hydrogen) atoms. The van der Waals surface area contributed by atoms with Gasteiger partial charge in [0.15, 0.2) is 0 Å². The molecule has 0 bridgehead atoms. The van der Waals surface area contributed by atoms with Crippen molar-refractivity contribution in [1.29, 1.82) is 0 Å². The average molecular weight is 338 g/mol. The molecule has 2 atom stereocenters. The first-order valence-electron chi connectivity index (χ1n) is 7.22. The molecule has 0 aromatic carbocycles. The van der Waals surface area contributed by atoms with Gasteiger partial charge in [0, 0.05) is 37.7 Å². The molecule has 3 heterocycles. The summed E-state index contributed by atoms with van der Waals surface area (Å²) in [7, 11) is 0. The lowest BCUT2D eigenvalue weighted by atomic mass is 10.0. The summed E-state index contributed by atoms with van der Waals surface area (Å²) in [5, 5.41) is 14.0. The summed E-state index contributed by atoms with van der Waals surface area (Å²) in [6.45, 7) is 2.46. The number of carbonyl (C=O) groups excluding carboxylic acids is 1. The molecule has 1 aliphatic rings. The van der Waals surface area contributed by atoms with Crippen LogP contribution < -0.4 is 5.56 Å². The zero-order valence-electron chi connectivity index (χ0n) is 12.5. The van der Waals surface area contributed by atoms with Crippen molar-refractivity contribution >= 4 is 17.5 Å². The minimum Gasteiger partial charge on any atom is -0.391 e. The number of aliphatic hydroxyl groups excluding tert-OH is 1. The maximum Gasteiger partial charge on any atom is 0.266 e.